The lowest BCUT2D eigenvalue weighted by molar-refractivity contribution is 0.408. The molecular formula is C21H21N5O. The van der Waals surface area contributed by atoms with Gasteiger partial charge in [0.15, 0.2) is 0 Å². The van der Waals surface area contributed by atoms with E-state index < -0.39 is 0 Å². The van der Waals surface area contributed by atoms with Gasteiger partial charge in [0.2, 0.25) is 0 Å². The zero-order valence-electron chi connectivity index (χ0n) is 15.5. The molecule has 6 nitrogen and oxygen atoms in total. The Kier molecular flexibility index (Phi) is 4.46. The van der Waals surface area contributed by atoms with Crippen molar-refractivity contribution in [3.63, 3.8) is 0 Å². The van der Waals surface area contributed by atoms with Gasteiger partial charge in [-0.05, 0) is 25.1 Å². The highest BCUT2D eigenvalue weighted by atomic mass is 16.5. The number of hydrogen-bond acceptors (Lipinski definition) is 5. The molecule has 0 saturated heterocycles. The highest BCUT2D eigenvalue weighted by Crippen LogP contribution is 2.33. The van der Waals surface area contributed by atoms with E-state index in [1.807, 2.05) is 48.1 Å². The van der Waals surface area contributed by atoms with Crippen molar-refractivity contribution in [3.8, 4) is 5.75 Å². The number of benzene rings is 2. The van der Waals surface area contributed by atoms with Crippen molar-refractivity contribution in [3.05, 3.63) is 78.1 Å². The lowest BCUT2D eigenvalue weighted by atomic mass is 10.0. The van der Waals surface area contributed by atoms with Crippen LogP contribution in [-0.2, 0) is 7.05 Å². The normalized spacial score (nSPS) is 12.1. The molecule has 1 unspecified atom stereocenters. The molecule has 2 aromatic carbocycles. The van der Waals surface area contributed by atoms with Crippen molar-refractivity contribution in [1.82, 2.24) is 19.5 Å². The monoisotopic (exact) mass is 359 g/mol. The summed E-state index contributed by atoms with van der Waals surface area (Å²) in [6.45, 7) is 2.06. The molecule has 0 fully saturated rings. The summed E-state index contributed by atoms with van der Waals surface area (Å²) < 4.78 is 7.60. The summed E-state index contributed by atoms with van der Waals surface area (Å²) >= 11 is 0. The maximum Gasteiger partial charge on any atom is 0.138 e. The molecule has 0 radical (unpaired) electrons. The highest BCUT2D eigenvalue weighted by Gasteiger charge is 2.23. The quantitative estimate of drug-likeness (QED) is 0.586. The fourth-order valence-corrected chi connectivity index (χ4v) is 3.26. The van der Waals surface area contributed by atoms with E-state index in [0.29, 0.717) is 0 Å². The Hall–Kier alpha value is -3.41. The maximum absolute atomic E-state index is 5.60. The number of ether oxygens (including phenoxy) is 1. The van der Waals surface area contributed by atoms with Crippen LogP contribution in [0, 0.1) is 6.92 Å². The van der Waals surface area contributed by atoms with Crippen LogP contribution < -0.4 is 10.1 Å². The maximum atomic E-state index is 5.60. The topological polar surface area (TPSA) is 64.9 Å². The van der Waals surface area contributed by atoms with Crippen LogP contribution in [0.5, 0.6) is 5.75 Å². The Balaban J connectivity index is 1.86. The molecule has 2 aromatic heterocycles. The van der Waals surface area contributed by atoms with E-state index in [9.17, 15) is 0 Å². The van der Waals surface area contributed by atoms with Gasteiger partial charge >= 0.3 is 0 Å². The van der Waals surface area contributed by atoms with Gasteiger partial charge in [0, 0.05) is 30.4 Å². The number of aromatic nitrogens is 4. The van der Waals surface area contributed by atoms with Gasteiger partial charge in [-0.15, -0.1) is 0 Å². The van der Waals surface area contributed by atoms with Gasteiger partial charge in [-0.25, -0.2) is 15.0 Å². The summed E-state index contributed by atoms with van der Waals surface area (Å²) in [7, 11) is 3.66. The molecule has 2 heterocycles. The van der Waals surface area contributed by atoms with E-state index >= 15 is 0 Å². The van der Waals surface area contributed by atoms with Crippen LogP contribution in [0.4, 0.5) is 5.82 Å². The minimum atomic E-state index is -0.222. The molecule has 1 atom stereocenters. The average Bonchev–Trinajstić information content (AvgIpc) is 3.12. The van der Waals surface area contributed by atoms with Gasteiger partial charge in [0.1, 0.15) is 29.8 Å². The van der Waals surface area contributed by atoms with Gasteiger partial charge in [0.25, 0.3) is 0 Å². The van der Waals surface area contributed by atoms with Gasteiger partial charge < -0.3 is 14.6 Å². The molecule has 27 heavy (non-hydrogen) atoms. The molecule has 0 aliphatic heterocycles. The number of methoxy groups -OCH3 is 1. The van der Waals surface area contributed by atoms with Gasteiger partial charge in [-0.3, -0.25) is 0 Å². The van der Waals surface area contributed by atoms with Crippen molar-refractivity contribution in [2.75, 3.05) is 12.4 Å². The van der Waals surface area contributed by atoms with Gasteiger partial charge in [-0.2, -0.15) is 0 Å². The number of para-hydroxylation sites is 1. The average molecular weight is 359 g/mol. The van der Waals surface area contributed by atoms with E-state index in [2.05, 4.69) is 39.3 Å². The Morgan fingerprint density at radius 3 is 2.70 bits per heavy atom. The minimum absolute atomic E-state index is 0.222. The molecule has 4 rings (SSSR count). The van der Waals surface area contributed by atoms with E-state index in [-0.39, 0.29) is 6.04 Å². The summed E-state index contributed by atoms with van der Waals surface area (Å²) in [5.41, 5.74) is 3.05. The molecule has 0 spiro atoms. The molecule has 1 N–H and O–H groups in total. The third-order valence-corrected chi connectivity index (χ3v) is 4.64. The fourth-order valence-electron chi connectivity index (χ4n) is 3.26. The Bertz CT molecular complexity index is 1090. The molecule has 0 bridgehead atoms. The van der Waals surface area contributed by atoms with Crippen LogP contribution in [0.1, 0.15) is 23.0 Å². The number of imidazole rings is 1. The van der Waals surface area contributed by atoms with Crippen LogP contribution in [0.3, 0.4) is 0 Å². The summed E-state index contributed by atoms with van der Waals surface area (Å²) in [5.74, 6) is 2.44. The second kappa shape index (κ2) is 7.07. The summed E-state index contributed by atoms with van der Waals surface area (Å²) in [5, 5.41) is 4.55. The Morgan fingerprint density at radius 1 is 1.07 bits per heavy atom. The predicted molar refractivity (Wildman–Crippen MR) is 106 cm³/mol. The number of anilines is 1. The summed E-state index contributed by atoms with van der Waals surface area (Å²) in [6.07, 6.45) is 5.31. The summed E-state index contributed by atoms with van der Waals surface area (Å²) in [4.78, 5) is 13.5. The molecule has 6 heteroatoms. The smallest absolute Gasteiger partial charge is 0.138 e. The first-order valence-electron chi connectivity index (χ1n) is 8.75. The van der Waals surface area contributed by atoms with Crippen molar-refractivity contribution in [1.29, 1.82) is 0 Å². The van der Waals surface area contributed by atoms with Crippen molar-refractivity contribution < 1.29 is 4.74 Å². The Labute approximate surface area is 157 Å². The zero-order chi connectivity index (χ0) is 18.8. The first-order chi connectivity index (χ1) is 13.2. The van der Waals surface area contributed by atoms with Crippen LogP contribution in [0.2, 0.25) is 0 Å². The SMILES string of the molecule is COc1ccccc1C(Nc1ncnc2ccc(C)cc12)c1nccn1C. The van der Waals surface area contributed by atoms with Gasteiger partial charge in [-0.1, -0.05) is 29.8 Å². The van der Waals surface area contributed by atoms with E-state index in [4.69, 9.17) is 4.74 Å². The first-order valence-corrected chi connectivity index (χ1v) is 8.75. The Morgan fingerprint density at radius 2 is 1.93 bits per heavy atom. The largest absolute Gasteiger partial charge is 0.496 e. The predicted octanol–water partition coefficient (Wildman–Crippen LogP) is 3.88. The van der Waals surface area contributed by atoms with Gasteiger partial charge in [0.05, 0.1) is 12.6 Å². The van der Waals surface area contributed by atoms with Crippen molar-refractivity contribution in [2.24, 2.45) is 7.05 Å². The van der Waals surface area contributed by atoms with Crippen LogP contribution in [0.25, 0.3) is 10.9 Å². The molecule has 0 aliphatic rings. The van der Waals surface area contributed by atoms with Crippen LogP contribution in [0.15, 0.2) is 61.2 Å². The van der Waals surface area contributed by atoms with Crippen LogP contribution in [-0.4, -0.2) is 26.6 Å². The second-order valence-corrected chi connectivity index (χ2v) is 6.46. The second-order valence-electron chi connectivity index (χ2n) is 6.46. The number of fused-ring (bicyclic) bond motifs is 1. The first kappa shape index (κ1) is 17.0. The third-order valence-electron chi connectivity index (χ3n) is 4.64. The van der Waals surface area contributed by atoms with Crippen LogP contribution >= 0.6 is 0 Å². The van der Waals surface area contributed by atoms with E-state index in [1.54, 1.807) is 19.6 Å². The molecule has 4 aromatic rings. The van der Waals surface area contributed by atoms with Crippen molar-refractivity contribution in [2.45, 2.75) is 13.0 Å². The lowest BCUT2D eigenvalue weighted by Crippen LogP contribution is -2.18. The molecule has 0 aliphatic carbocycles. The minimum Gasteiger partial charge on any atom is -0.496 e. The highest BCUT2D eigenvalue weighted by molar-refractivity contribution is 5.89. The number of hydrogen-bond donors (Lipinski definition) is 1. The van der Waals surface area contributed by atoms with E-state index in [0.717, 1.165) is 39.4 Å². The number of rotatable bonds is 5. The number of aryl methyl sites for hydroxylation is 2. The molecule has 0 amide bonds. The lowest BCUT2D eigenvalue weighted by Gasteiger charge is -2.22. The van der Waals surface area contributed by atoms with E-state index in [1.165, 1.54) is 0 Å². The molecule has 0 saturated carbocycles. The standard InChI is InChI=1S/C21H21N5O/c1-14-8-9-17-16(12-14)20(24-13-23-17)25-19(21-22-10-11-26(21)2)15-6-4-5-7-18(15)27-3/h4-13,19H,1-3H3,(H,23,24,25). The van der Waals surface area contributed by atoms with Crippen molar-refractivity contribution >= 4 is 16.7 Å². The fraction of sp³-hybridized carbons (Fsp3) is 0.190. The molecule has 136 valence electrons. The summed E-state index contributed by atoms with van der Waals surface area (Å²) in [6, 6.07) is 13.9. The number of nitrogens with zero attached hydrogens (tertiary/aromatic N) is 4. The zero-order valence-corrected chi connectivity index (χ0v) is 15.5. The third kappa shape index (κ3) is 3.21. The number of nitrogens with one attached hydrogen (secondary N) is 1. The molecular weight excluding hydrogens is 338 g/mol.